The Morgan fingerprint density at radius 3 is 2.67 bits per heavy atom. The van der Waals surface area contributed by atoms with E-state index in [2.05, 4.69) is 18.8 Å². The molecule has 0 radical (unpaired) electrons. The highest BCUT2D eigenvalue weighted by Gasteiger charge is 2.46. The molecule has 2 aromatic rings. The summed E-state index contributed by atoms with van der Waals surface area (Å²) in [6, 6.07) is 4.09. The van der Waals surface area contributed by atoms with E-state index in [1.165, 1.54) is 30.7 Å². The summed E-state index contributed by atoms with van der Waals surface area (Å²) in [5.74, 6) is 1.09. The molecule has 0 aliphatic heterocycles. The van der Waals surface area contributed by atoms with Crippen LogP contribution in [0.25, 0.3) is 10.9 Å². The molecule has 2 bridgehead atoms. The predicted octanol–water partition coefficient (Wildman–Crippen LogP) is 5.36. The maximum absolute atomic E-state index is 13.0. The molecular formula is C17H18F3N. The maximum atomic E-state index is 13.0. The van der Waals surface area contributed by atoms with Crippen LogP contribution >= 0.6 is 0 Å². The highest BCUT2D eigenvalue weighted by atomic mass is 19.4. The van der Waals surface area contributed by atoms with Crippen molar-refractivity contribution in [1.29, 1.82) is 0 Å². The monoisotopic (exact) mass is 293 g/mol. The van der Waals surface area contributed by atoms with Crippen LogP contribution in [0.5, 0.6) is 0 Å². The standard InChI is InChI=1S/C17H18F3N/c1-16(2)10-4-3-9(7-10)15-14(16)12-8-11(17(18,19)20)5-6-13(12)21-15/h5-6,8-10,21H,3-4,7H2,1-2H3. The molecule has 0 amide bonds. The van der Waals surface area contributed by atoms with Gasteiger partial charge in [0, 0.05) is 16.6 Å². The van der Waals surface area contributed by atoms with Crippen molar-refractivity contribution < 1.29 is 13.2 Å². The highest BCUT2D eigenvalue weighted by molar-refractivity contribution is 5.87. The van der Waals surface area contributed by atoms with Crippen molar-refractivity contribution in [2.24, 2.45) is 5.92 Å². The highest BCUT2D eigenvalue weighted by Crippen LogP contribution is 2.56. The zero-order chi connectivity index (χ0) is 15.0. The first kappa shape index (κ1) is 13.2. The van der Waals surface area contributed by atoms with Crippen LogP contribution in [0, 0.1) is 5.92 Å². The third kappa shape index (κ3) is 1.71. The number of hydrogen-bond acceptors (Lipinski definition) is 0. The molecule has 0 spiro atoms. The lowest BCUT2D eigenvalue weighted by Gasteiger charge is -2.37. The average molecular weight is 293 g/mol. The minimum atomic E-state index is -4.28. The van der Waals surface area contributed by atoms with Gasteiger partial charge in [0.25, 0.3) is 0 Å². The summed E-state index contributed by atoms with van der Waals surface area (Å²) in [4.78, 5) is 3.41. The number of fused-ring (bicyclic) bond motifs is 6. The van der Waals surface area contributed by atoms with E-state index in [1.807, 2.05) is 0 Å². The van der Waals surface area contributed by atoms with E-state index in [-0.39, 0.29) is 5.41 Å². The lowest BCUT2D eigenvalue weighted by atomic mass is 9.67. The second-order valence-corrected chi connectivity index (χ2v) is 7.10. The van der Waals surface area contributed by atoms with Crippen molar-refractivity contribution in [3.8, 4) is 0 Å². The van der Waals surface area contributed by atoms with Crippen molar-refractivity contribution in [3.63, 3.8) is 0 Å². The Balaban J connectivity index is 2.01. The number of hydrogen-bond donors (Lipinski definition) is 1. The Morgan fingerprint density at radius 1 is 1.19 bits per heavy atom. The average Bonchev–Trinajstić information content (AvgIpc) is 2.99. The van der Waals surface area contributed by atoms with Crippen LogP contribution in [-0.4, -0.2) is 4.98 Å². The molecule has 0 saturated heterocycles. The van der Waals surface area contributed by atoms with Crippen LogP contribution in [0.4, 0.5) is 13.2 Å². The summed E-state index contributed by atoms with van der Waals surface area (Å²) in [6.45, 7) is 4.37. The molecule has 2 unspecified atom stereocenters. The topological polar surface area (TPSA) is 15.8 Å². The van der Waals surface area contributed by atoms with Crippen LogP contribution in [0.15, 0.2) is 18.2 Å². The Labute approximate surface area is 121 Å². The molecule has 1 saturated carbocycles. The smallest absolute Gasteiger partial charge is 0.358 e. The Kier molecular flexibility index (Phi) is 2.42. The molecule has 1 aromatic carbocycles. The molecule has 1 heterocycles. The second kappa shape index (κ2) is 3.84. The minimum absolute atomic E-state index is 0.0508. The Hall–Kier alpha value is -1.45. The predicted molar refractivity (Wildman–Crippen MR) is 76.4 cm³/mol. The SMILES string of the molecule is CC1(C)c2c([nH]c3ccc(C(F)(F)F)cc23)C2CCC1C2. The zero-order valence-corrected chi connectivity index (χ0v) is 12.1. The molecule has 4 heteroatoms. The van der Waals surface area contributed by atoms with E-state index in [0.717, 1.165) is 22.9 Å². The normalized spacial score (nSPS) is 27.1. The fraction of sp³-hybridized carbons (Fsp3) is 0.529. The molecule has 1 nitrogen and oxygen atoms in total. The van der Waals surface area contributed by atoms with Gasteiger partial charge in [-0.1, -0.05) is 13.8 Å². The first-order chi connectivity index (χ1) is 9.78. The summed E-state index contributed by atoms with van der Waals surface area (Å²) >= 11 is 0. The number of alkyl halides is 3. The number of benzene rings is 1. The number of aromatic amines is 1. The Morgan fingerprint density at radius 2 is 1.95 bits per heavy atom. The summed E-state index contributed by atoms with van der Waals surface area (Å²) in [6.07, 6.45) is -0.782. The van der Waals surface area contributed by atoms with Crippen molar-refractivity contribution in [1.82, 2.24) is 4.98 Å². The number of halogens is 3. The van der Waals surface area contributed by atoms with E-state index in [4.69, 9.17) is 0 Å². The van der Waals surface area contributed by atoms with Crippen LogP contribution in [0.3, 0.4) is 0 Å². The number of H-pyrrole nitrogens is 1. The van der Waals surface area contributed by atoms with Gasteiger partial charge in [-0.25, -0.2) is 0 Å². The van der Waals surface area contributed by atoms with Gasteiger partial charge in [-0.05, 0) is 60.3 Å². The van der Waals surface area contributed by atoms with Crippen LogP contribution in [0.2, 0.25) is 0 Å². The molecule has 2 aliphatic rings. The Bertz CT molecular complexity index is 723. The largest absolute Gasteiger partial charge is 0.416 e. The van der Waals surface area contributed by atoms with Crippen molar-refractivity contribution in [2.75, 3.05) is 0 Å². The van der Waals surface area contributed by atoms with E-state index in [9.17, 15) is 13.2 Å². The van der Waals surface area contributed by atoms with Crippen molar-refractivity contribution >= 4 is 10.9 Å². The number of rotatable bonds is 0. The fourth-order valence-electron chi connectivity index (χ4n) is 4.49. The zero-order valence-electron chi connectivity index (χ0n) is 12.1. The van der Waals surface area contributed by atoms with Gasteiger partial charge in [-0.3, -0.25) is 0 Å². The van der Waals surface area contributed by atoms with Gasteiger partial charge in [0.05, 0.1) is 5.56 Å². The molecule has 112 valence electrons. The van der Waals surface area contributed by atoms with E-state index >= 15 is 0 Å². The van der Waals surface area contributed by atoms with Gasteiger partial charge >= 0.3 is 6.18 Å². The third-order valence-corrected chi connectivity index (χ3v) is 5.66. The van der Waals surface area contributed by atoms with E-state index in [1.54, 1.807) is 6.07 Å². The molecule has 2 atom stereocenters. The van der Waals surface area contributed by atoms with Gasteiger partial charge in [0.15, 0.2) is 0 Å². The van der Waals surface area contributed by atoms with Gasteiger partial charge < -0.3 is 4.98 Å². The van der Waals surface area contributed by atoms with Crippen molar-refractivity contribution in [3.05, 3.63) is 35.0 Å². The van der Waals surface area contributed by atoms with Gasteiger partial charge in [-0.15, -0.1) is 0 Å². The minimum Gasteiger partial charge on any atom is -0.358 e. The van der Waals surface area contributed by atoms with Crippen LogP contribution in [-0.2, 0) is 11.6 Å². The molecule has 1 N–H and O–H groups in total. The summed E-state index contributed by atoms with van der Waals surface area (Å²) < 4.78 is 39.0. The third-order valence-electron chi connectivity index (χ3n) is 5.66. The number of aromatic nitrogens is 1. The summed E-state index contributed by atoms with van der Waals surface area (Å²) in [7, 11) is 0. The molecule has 4 rings (SSSR count). The molecular weight excluding hydrogens is 275 g/mol. The van der Waals surface area contributed by atoms with E-state index < -0.39 is 11.7 Å². The summed E-state index contributed by atoms with van der Waals surface area (Å²) in [5, 5.41) is 0.765. The number of nitrogens with one attached hydrogen (secondary N) is 1. The van der Waals surface area contributed by atoms with Crippen LogP contribution < -0.4 is 0 Å². The van der Waals surface area contributed by atoms with Crippen LogP contribution in [0.1, 0.15) is 55.8 Å². The van der Waals surface area contributed by atoms with Gasteiger partial charge in [0.1, 0.15) is 0 Å². The first-order valence-corrected chi connectivity index (χ1v) is 7.52. The summed E-state index contributed by atoms with van der Waals surface area (Å²) in [5.41, 5.74) is 2.55. The lowest BCUT2D eigenvalue weighted by molar-refractivity contribution is -0.137. The van der Waals surface area contributed by atoms with Gasteiger partial charge in [0.2, 0.25) is 0 Å². The second-order valence-electron chi connectivity index (χ2n) is 7.10. The molecule has 1 fully saturated rings. The molecule has 2 aliphatic carbocycles. The molecule has 21 heavy (non-hydrogen) atoms. The van der Waals surface area contributed by atoms with Gasteiger partial charge in [-0.2, -0.15) is 13.2 Å². The fourth-order valence-corrected chi connectivity index (χ4v) is 4.49. The van der Waals surface area contributed by atoms with Crippen molar-refractivity contribution in [2.45, 2.75) is 50.6 Å². The molecule has 1 aromatic heterocycles. The first-order valence-electron chi connectivity index (χ1n) is 7.52. The quantitative estimate of drug-likeness (QED) is 0.673. The maximum Gasteiger partial charge on any atom is 0.416 e. The lowest BCUT2D eigenvalue weighted by Crippen LogP contribution is -2.31. The van der Waals surface area contributed by atoms with E-state index in [0.29, 0.717) is 11.8 Å².